The Balaban J connectivity index is 1.82. The predicted octanol–water partition coefficient (Wildman–Crippen LogP) is 4.84. The van der Waals surface area contributed by atoms with E-state index in [9.17, 15) is 9.59 Å². The van der Waals surface area contributed by atoms with Gasteiger partial charge in [-0.15, -0.1) is 0 Å². The molecule has 32 heavy (non-hydrogen) atoms. The summed E-state index contributed by atoms with van der Waals surface area (Å²) >= 11 is 0. The quantitative estimate of drug-likeness (QED) is 0.450. The second kappa shape index (κ2) is 7.81. The van der Waals surface area contributed by atoms with Gasteiger partial charge in [-0.25, -0.2) is 0 Å². The summed E-state index contributed by atoms with van der Waals surface area (Å²) in [6.45, 7) is 4.38. The molecule has 5 aromatic rings. The SMILES string of the molecule is CCN(C(=O)c1nn(-c2ccc(C)cc2)c(=O)c2[nH]c3ccccc3c12)c1ccccc1. The first-order chi connectivity index (χ1) is 15.6. The lowest BCUT2D eigenvalue weighted by molar-refractivity contribution is 0.0983. The molecule has 0 unspecified atom stereocenters. The molecule has 0 radical (unpaired) electrons. The summed E-state index contributed by atoms with van der Waals surface area (Å²) in [6.07, 6.45) is 0. The number of hydrogen-bond acceptors (Lipinski definition) is 3. The molecule has 0 atom stereocenters. The first-order valence-corrected chi connectivity index (χ1v) is 10.6. The van der Waals surface area contributed by atoms with Crippen molar-refractivity contribution in [2.24, 2.45) is 0 Å². The predicted molar refractivity (Wildman–Crippen MR) is 128 cm³/mol. The lowest BCUT2D eigenvalue weighted by atomic mass is 10.1. The Labute approximate surface area is 184 Å². The van der Waals surface area contributed by atoms with Gasteiger partial charge in [0.2, 0.25) is 0 Å². The van der Waals surface area contributed by atoms with Gasteiger partial charge in [0.15, 0.2) is 5.69 Å². The van der Waals surface area contributed by atoms with E-state index in [1.54, 1.807) is 4.90 Å². The zero-order valence-electron chi connectivity index (χ0n) is 17.9. The topological polar surface area (TPSA) is 71.0 Å². The van der Waals surface area contributed by atoms with E-state index in [0.717, 1.165) is 22.2 Å². The second-order valence-electron chi connectivity index (χ2n) is 7.71. The van der Waals surface area contributed by atoms with E-state index in [1.807, 2.05) is 92.7 Å². The number of amides is 1. The van der Waals surface area contributed by atoms with E-state index in [-0.39, 0.29) is 17.2 Å². The third-order valence-corrected chi connectivity index (χ3v) is 5.66. The Morgan fingerprint density at radius 1 is 0.969 bits per heavy atom. The molecule has 2 aromatic heterocycles. The zero-order valence-corrected chi connectivity index (χ0v) is 17.9. The van der Waals surface area contributed by atoms with Crippen molar-refractivity contribution in [2.75, 3.05) is 11.4 Å². The van der Waals surface area contributed by atoms with Gasteiger partial charge in [0.05, 0.1) is 5.69 Å². The van der Waals surface area contributed by atoms with Crippen LogP contribution in [0.5, 0.6) is 0 Å². The lowest BCUT2D eigenvalue weighted by Gasteiger charge is -2.21. The minimum Gasteiger partial charge on any atom is -0.350 e. The monoisotopic (exact) mass is 422 g/mol. The third kappa shape index (κ3) is 3.17. The number of H-pyrrole nitrogens is 1. The van der Waals surface area contributed by atoms with E-state index in [1.165, 1.54) is 4.68 Å². The van der Waals surface area contributed by atoms with Gasteiger partial charge in [-0.1, -0.05) is 54.1 Å². The van der Waals surface area contributed by atoms with Crippen LogP contribution in [0.25, 0.3) is 27.5 Å². The van der Waals surface area contributed by atoms with Crippen LogP contribution in [0.4, 0.5) is 5.69 Å². The number of nitrogens with one attached hydrogen (secondary N) is 1. The van der Waals surface area contributed by atoms with Gasteiger partial charge in [0.25, 0.3) is 11.5 Å². The van der Waals surface area contributed by atoms with E-state index in [2.05, 4.69) is 10.1 Å². The van der Waals surface area contributed by atoms with Crippen molar-refractivity contribution in [1.82, 2.24) is 14.8 Å². The minimum absolute atomic E-state index is 0.239. The van der Waals surface area contributed by atoms with Gasteiger partial charge in [-0.3, -0.25) is 9.59 Å². The summed E-state index contributed by atoms with van der Waals surface area (Å²) in [7, 11) is 0. The highest BCUT2D eigenvalue weighted by Gasteiger charge is 2.25. The normalized spacial score (nSPS) is 11.2. The maximum absolute atomic E-state index is 13.8. The summed E-state index contributed by atoms with van der Waals surface area (Å²) in [5.74, 6) is -0.255. The van der Waals surface area contributed by atoms with Gasteiger partial charge in [0.1, 0.15) is 5.52 Å². The van der Waals surface area contributed by atoms with E-state index >= 15 is 0 Å². The molecule has 0 fully saturated rings. The standard InChI is InChI=1S/C26H22N4O2/c1-3-29(18-9-5-4-6-10-18)25(31)24-22-20-11-7-8-12-21(20)27-23(22)26(32)30(28-24)19-15-13-17(2)14-16-19/h4-16,27H,3H2,1-2H3. The molecule has 0 spiro atoms. The van der Waals surface area contributed by atoms with Crippen molar-refractivity contribution < 1.29 is 4.79 Å². The molecule has 0 aliphatic rings. The maximum atomic E-state index is 13.8. The van der Waals surface area contributed by atoms with Crippen molar-refractivity contribution in [3.8, 4) is 5.69 Å². The molecule has 0 saturated heterocycles. The van der Waals surface area contributed by atoms with Gasteiger partial charge >= 0.3 is 0 Å². The molecule has 158 valence electrons. The Morgan fingerprint density at radius 2 is 1.66 bits per heavy atom. The molecular weight excluding hydrogens is 400 g/mol. The molecule has 2 heterocycles. The molecule has 1 amide bonds. The number of carbonyl (C=O) groups excluding carboxylic acids is 1. The number of nitrogens with zero attached hydrogens (tertiary/aromatic N) is 3. The highest BCUT2D eigenvalue weighted by molar-refractivity contribution is 6.19. The van der Waals surface area contributed by atoms with Crippen LogP contribution in [-0.4, -0.2) is 27.2 Å². The Bertz CT molecular complexity index is 1500. The fraction of sp³-hybridized carbons (Fsp3) is 0.115. The Kier molecular flexibility index (Phi) is 4.82. The highest BCUT2D eigenvalue weighted by Crippen LogP contribution is 2.28. The number of aromatic nitrogens is 3. The van der Waals surface area contributed by atoms with Gasteiger partial charge in [-0.2, -0.15) is 9.78 Å². The minimum atomic E-state index is -0.292. The molecular formula is C26H22N4O2. The van der Waals surface area contributed by atoms with Crippen molar-refractivity contribution in [2.45, 2.75) is 13.8 Å². The average molecular weight is 422 g/mol. The molecule has 6 nitrogen and oxygen atoms in total. The summed E-state index contributed by atoms with van der Waals surface area (Å²) in [5.41, 5.74) is 3.57. The first kappa shape index (κ1) is 19.8. The fourth-order valence-corrected chi connectivity index (χ4v) is 4.04. The number of benzene rings is 3. The molecule has 3 aromatic carbocycles. The largest absolute Gasteiger partial charge is 0.350 e. The molecule has 0 aliphatic heterocycles. The van der Waals surface area contributed by atoms with Crippen LogP contribution < -0.4 is 10.5 Å². The highest BCUT2D eigenvalue weighted by atomic mass is 16.2. The molecule has 0 saturated carbocycles. The number of hydrogen-bond donors (Lipinski definition) is 1. The number of rotatable bonds is 4. The number of aromatic amines is 1. The van der Waals surface area contributed by atoms with Crippen LogP contribution in [0.3, 0.4) is 0 Å². The number of anilines is 1. The summed E-state index contributed by atoms with van der Waals surface area (Å²) in [4.78, 5) is 32.1. The van der Waals surface area contributed by atoms with Crippen molar-refractivity contribution in [3.05, 3.63) is 100 Å². The second-order valence-corrected chi connectivity index (χ2v) is 7.71. The molecule has 0 bridgehead atoms. The number of aryl methyl sites for hydroxylation is 1. The average Bonchev–Trinajstić information content (AvgIpc) is 3.22. The first-order valence-electron chi connectivity index (χ1n) is 10.6. The summed E-state index contributed by atoms with van der Waals surface area (Å²) < 4.78 is 1.31. The summed E-state index contributed by atoms with van der Waals surface area (Å²) in [5, 5.41) is 5.96. The van der Waals surface area contributed by atoms with Crippen molar-refractivity contribution >= 4 is 33.4 Å². The van der Waals surface area contributed by atoms with Crippen LogP contribution in [0.2, 0.25) is 0 Å². The summed E-state index contributed by atoms with van der Waals surface area (Å²) in [6, 6.07) is 24.6. The van der Waals surface area contributed by atoms with E-state index in [0.29, 0.717) is 23.1 Å². The third-order valence-electron chi connectivity index (χ3n) is 5.66. The van der Waals surface area contributed by atoms with Crippen molar-refractivity contribution in [3.63, 3.8) is 0 Å². The van der Waals surface area contributed by atoms with E-state index in [4.69, 9.17) is 0 Å². The lowest BCUT2D eigenvalue weighted by Crippen LogP contribution is -2.34. The number of carbonyl (C=O) groups is 1. The smallest absolute Gasteiger partial charge is 0.295 e. The number of para-hydroxylation sites is 2. The number of fused-ring (bicyclic) bond motifs is 3. The van der Waals surface area contributed by atoms with Gasteiger partial charge < -0.3 is 9.88 Å². The Morgan fingerprint density at radius 3 is 2.38 bits per heavy atom. The Hall–Kier alpha value is -4.19. The van der Waals surface area contributed by atoms with Crippen LogP contribution in [0.1, 0.15) is 23.0 Å². The van der Waals surface area contributed by atoms with Crippen molar-refractivity contribution in [1.29, 1.82) is 0 Å². The van der Waals surface area contributed by atoms with Crippen LogP contribution in [-0.2, 0) is 0 Å². The zero-order chi connectivity index (χ0) is 22.2. The molecule has 5 rings (SSSR count). The maximum Gasteiger partial charge on any atom is 0.295 e. The van der Waals surface area contributed by atoms with Crippen LogP contribution in [0, 0.1) is 6.92 Å². The van der Waals surface area contributed by atoms with Gasteiger partial charge in [-0.05, 0) is 44.2 Å². The molecule has 1 N–H and O–H groups in total. The fourth-order valence-electron chi connectivity index (χ4n) is 4.04. The molecule has 0 aliphatic carbocycles. The van der Waals surface area contributed by atoms with Crippen LogP contribution >= 0.6 is 0 Å². The molecule has 6 heteroatoms. The van der Waals surface area contributed by atoms with Crippen LogP contribution in [0.15, 0.2) is 83.7 Å². The van der Waals surface area contributed by atoms with E-state index < -0.39 is 0 Å². The van der Waals surface area contributed by atoms with Gasteiger partial charge in [0, 0.05) is 28.5 Å².